The first-order valence-corrected chi connectivity index (χ1v) is 4.58. The summed E-state index contributed by atoms with van der Waals surface area (Å²) in [4.78, 5) is 8.18. The Kier molecular flexibility index (Phi) is 2.26. The minimum absolute atomic E-state index is 0.334. The number of aromatic nitrogens is 3. The zero-order chi connectivity index (χ0) is 10.1. The molecular weight excluding hydrogens is 202 g/mol. The minimum atomic E-state index is 0.334. The molecule has 4 N–H and O–H groups in total. The van der Waals surface area contributed by atoms with Crippen LogP contribution in [0.3, 0.4) is 0 Å². The van der Waals surface area contributed by atoms with E-state index >= 15 is 0 Å². The lowest BCUT2D eigenvalue weighted by Gasteiger charge is -1.96. The number of nitrogens with zero attached hydrogens (tertiary/aromatic N) is 3. The third kappa shape index (κ3) is 1.51. The van der Waals surface area contributed by atoms with E-state index in [2.05, 4.69) is 9.97 Å². The van der Waals surface area contributed by atoms with Crippen molar-refractivity contribution < 1.29 is 0 Å². The fourth-order valence-electron chi connectivity index (χ4n) is 1.31. The van der Waals surface area contributed by atoms with Crippen LogP contribution >= 0.6 is 11.6 Å². The Morgan fingerprint density at radius 3 is 2.86 bits per heavy atom. The Morgan fingerprint density at radius 1 is 1.36 bits per heavy atom. The van der Waals surface area contributed by atoms with Crippen LogP contribution in [0.15, 0.2) is 12.4 Å². The largest absolute Gasteiger partial charge is 0.381 e. The van der Waals surface area contributed by atoms with Crippen molar-refractivity contribution in [1.82, 2.24) is 14.4 Å². The van der Waals surface area contributed by atoms with Crippen molar-refractivity contribution in [3.8, 4) is 0 Å². The van der Waals surface area contributed by atoms with Gasteiger partial charge in [0.25, 0.3) is 0 Å². The van der Waals surface area contributed by atoms with E-state index < -0.39 is 0 Å². The molecule has 0 radical (unpaired) electrons. The van der Waals surface area contributed by atoms with Gasteiger partial charge in [-0.05, 0) is 6.54 Å². The zero-order valence-corrected chi connectivity index (χ0v) is 8.20. The van der Waals surface area contributed by atoms with Gasteiger partial charge >= 0.3 is 0 Å². The number of hydrogen-bond donors (Lipinski definition) is 2. The Balaban J connectivity index is 2.58. The smallest absolute Gasteiger partial charge is 0.180 e. The number of halogens is 1. The van der Waals surface area contributed by atoms with E-state index in [1.165, 1.54) is 0 Å². The maximum absolute atomic E-state index is 5.75. The highest BCUT2D eigenvalue weighted by atomic mass is 35.5. The van der Waals surface area contributed by atoms with Gasteiger partial charge in [0, 0.05) is 18.8 Å². The van der Waals surface area contributed by atoms with Crippen LogP contribution in [0.2, 0.25) is 5.15 Å². The van der Waals surface area contributed by atoms with E-state index in [9.17, 15) is 0 Å². The highest BCUT2D eigenvalue weighted by Crippen LogP contribution is 2.14. The van der Waals surface area contributed by atoms with Crippen LogP contribution in [0.1, 0.15) is 5.69 Å². The van der Waals surface area contributed by atoms with Crippen molar-refractivity contribution in [2.75, 3.05) is 12.3 Å². The molecule has 0 unspecified atom stereocenters. The SMILES string of the molecule is NCCc1cn2cc(Cl)nc(N)c2n1. The molecule has 0 saturated heterocycles. The van der Waals surface area contributed by atoms with Crippen LogP contribution in [-0.4, -0.2) is 20.9 Å². The van der Waals surface area contributed by atoms with Crippen molar-refractivity contribution in [2.24, 2.45) is 5.73 Å². The maximum Gasteiger partial charge on any atom is 0.180 e. The lowest BCUT2D eigenvalue weighted by molar-refractivity contribution is 0.937. The number of anilines is 1. The lowest BCUT2D eigenvalue weighted by atomic mass is 10.3. The molecule has 14 heavy (non-hydrogen) atoms. The Hall–Kier alpha value is -1.33. The summed E-state index contributed by atoms with van der Waals surface area (Å²) in [6.45, 7) is 0.560. The van der Waals surface area contributed by atoms with Gasteiger partial charge in [-0.15, -0.1) is 0 Å². The topological polar surface area (TPSA) is 82.2 Å². The minimum Gasteiger partial charge on any atom is -0.381 e. The van der Waals surface area contributed by atoms with Crippen LogP contribution < -0.4 is 11.5 Å². The van der Waals surface area contributed by atoms with Gasteiger partial charge in [0.15, 0.2) is 11.5 Å². The van der Waals surface area contributed by atoms with Gasteiger partial charge in [0.05, 0.1) is 5.69 Å². The summed E-state index contributed by atoms with van der Waals surface area (Å²) < 4.78 is 1.76. The molecule has 0 aromatic carbocycles. The van der Waals surface area contributed by atoms with Gasteiger partial charge < -0.3 is 15.9 Å². The van der Waals surface area contributed by atoms with Gasteiger partial charge in [-0.1, -0.05) is 11.6 Å². The molecule has 0 spiro atoms. The summed E-state index contributed by atoms with van der Waals surface area (Å²) in [5.74, 6) is 0.334. The van der Waals surface area contributed by atoms with E-state index in [0.717, 1.165) is 12.1 Å². The molecule has 0 aliphatic carbocycles. The summed E-state index contributed by atoms with van der Waals surface area (Å²) in [7, 11) is 0. The fraction of sp³-hybridized carbons (Fsp3) is 0.250. The van der Waals surface area contributed by atoms with Crippen molar-refractivity contribution in [1.29, 1.82) is 0 Å². The number of nitrogens with two attached hydrogens (primary N) is 2. The van der Waals surface area contributed by atoms with Gasteiger partial charge in [-0.2, -0.15) is 0 Å². The summed E-state index contributed by atoms with van der Waals surface area (Å²) in [5, 5.41) is 0.353. The number of hydrogen-bond acceptors (Lipinski definition) is 4. The highest BCUT2D eigenvalue weighted by molar-refractivity contribution is 6.29. The van der Waals surface area contributed by atoms with E-state index in [1.54, 1.807) is 10.6 Å². The monoisotopic (exact) mass is 211 g/mol. The molecule has 6 heteroatoms. The van der Waals surface area contributed by atoms with E-state index in [0.29, 0.717) is 23.2 Å². The first-order valence-electron chi connectivity index (χ1n) is 4.20. The molecule has 0 bridgehead atoms. The van der Waals surface area contributed by atoms with Crippen LogP contribution in [0.4, 0.5) is 5.82 Å². The van der Waals surface area contributed by atoms with Crippen LogP contribution in [0.5, 0.6) is 0 Å². The normalized spacial score (nSPS) is 11.0. The molecule has 5 nitrogen and oxygen atoms in total. The van der Waals surface area contributed by atoms with Crippen LogP contribution in [0.25, 0.3) is 5.65 Å². The third-order valence-electron chi connectivity index (χ3n) is 1.88. The average Bonchev–Trinajstić information content (AvgIpc) is 2.48. The Morgan fingerprint density at radius 2 is 2.14 bits per heavy atom. The average molecular weight is 212 g/mol. The van der Waals surface area contributed by atoms with Gasteiger partial charge in [-0.25, -0.2) is 9.97 Å². The first kappa shape index (κ1) is 9.23. The Labute approximate surface area is 85.7 Å². The second-order valence-corrected chi connectivity index (χ2v) is 3.34. The summed E-state index contributed by atoms with van der Waals surface area (Å²) in [6, 6.07) is 0. The third-order valence-corrected chi connectivity index (χ3v) is 2.07. The molecule has 2 rings (SSSR count). The van der Waals surface area contributed by atoms with E-state index in [-0.39, 0.29) is 0 Å². The van der Waals surface area contributed by atoms with E-state index in [1.807, 2.05) is 6.20 Å². The molecule has 2 aromatic heterocycles. The highest BCUT2D eigenvalue weighted by Gasteiger charge is 2.06. The molecule has 0 atom stereocenters. The standard InChI is InChI=1S/C8H10ClN5/c9-6-4-14-3-5(1-2-10)12-8(14)7(11)13-6/h3-4H,1-2,10H2,(H2,11,13). The predicted octanol–water partition coefficient (Wildman–Crippen LogP) is 0.466. The van der Waals surface area contributed by atoms with Crippen LogP contribution in [0, 0.1) is 0 Å². The van der Waals surface area contributed by atoms with E-state index in [4.69, 9.17) is 23.1 Å². The van der Waals surface area contributed by atoms with Crippen molar-refractivity contribution in [3.63, 3.8) is 0 Å². The molecular formula is C8H10ClN5. The van der Waals surface area contributed by atoms with Crippen molar-refractivity contribution >= 4 is 23.1 Å². The molecule has 0 amide bonds. The zero-order valence-electron chi connectivity index (χ0n) is 7.44. The second-order valence-electron chi connectivity index (χ2n) is 2.95. The maximum atomic E-state index is 5.75. The van der Waals surface area contributed by atoms with Gasteiger partial charge in [0.2, 0.25) is 0 Å². The molecule has 0 fully saturated rings. The first-order chi connectivity index (χ1) is 6.70. The predicted molar refractivity (Wildman–Crippen MR) is 55.2 cm³/mol. The summed E-state index contributed by atoms with van der Waals surface area (Å²) in [6.07, 6.45) is 4.24. The van der Waals surface area contributed by atoms with Crippen LogP contribution in [-0.2, 0) is 6.42 Å². The molecule has 2 aromatic rings. The van der Waals surface area contributed by atoms with Crippen molar-refractivity contribution in [3.05, 3.63) is 23.2 Å². The number of nitrogen functional groups attached to an aromatic ring is 1. The second kappa shape index (κ2) is 3.43. The summed E-state index contributed by atoms with van der Waals surface area (Å²) in [5.41, 5.74) is 12.6. The molecule has 0 saturated carbocycles. The van der Waals surface area contributed by atoms with Gasteiger partial charge in [-0.3, -0.25) is 0 Å². The number of fused-ring (bicyclic) bond motifs is 1. The molecule has 0 aliphatic rings. The fourth-order valence-corrected chi connectivity index (χ4v) is 1.51. The Bertz CT molecular complexity index is 464. The molecule has 2 heterocycles. The van der Waals surface area contributed by atoms with Crippen molar-refractivity contribution in [2.45, 2.75) is 6.42 Å². The molecule has 0 aliphatic heterocycles. The summed E-state index contributed by atoms with van der Waals surface area (Å²) >= 11 is 5.75. The lowest BCUT2D eigenvalue weighted by Crippen LogP contribution is -2.02. The number of imidazole rings is 1. The van der Waals surface area contributed by atoms with Gasteiger partial charge in [0.1, 0.15) is 5.15 Å². The molecule has 74 valence electrons. The number of rotatable bonds is 2. The quantitative estimate of drug-likeness (QED) is 0.757.